The van der Waals surface area contributed by atoms with Crippen LogP contribution in [0.5, 0.6) is 0 Å². The highest BCUT2D eigenvalue weighted by molar-refractivity contribution is 6.39. The van der Waals surface area contributed by atoms with E-state index in [1.807, 2.05) is 44.1 Å². The first-order valence-corrected chi connectivity index (χ1v) is 8.83. The SMILES string of the molecule is CC(NC(=O)C(=O)Nc1cccc(N(C)C)c1)C1CC2CCC1C2. The first-order valence-electron chi connectivity index (χ1n) is 8.83. The first kappa shape index (κ1) is 16.8. The van der Waals surface area contributed by atoms with Gasteiger partial charge in [0.25, 0.3) is 0 Å². The largest absolute Gasteiger partial charge is 0.378 e. The van der Waals surface area contributed by atoms with E-state index in [0.717, 1.165) is 17.5 Å². The lowest BCUT2D eigenvalue weighted by Gasteiger charge is -2.28. The van der Waals surface area contributed by atoms with Crippen molar-refractivity contribution in [3.05, 3.63) is 24.3 Å². The molecule has 0 heterocycles. The average molecular weight is 329 g/mol. The van der Waals surface area contributed by atoms with E-state index in [2.05, 4.69) is 10.6 Å². The Balaban J connectivity index is 1.55. The summed E-state index contributed by atoms with van der Waals surface area (Å²) in [5.41, 5.74) is 1.61. The Morgan fingerprint density at radius 3 is 2.58 bits per heavy atom. The van der Waals surface area contributed by atoms with E-state index >= 15 is 0 Å². The third-order valence-corrected chi connectivity index (χ3v) is 5.62. The fourth-order valence-corrected chi connectivity index (χ4v) is 4.34. The molecule has 5 nitrogen and oxygen atoms in total. The highest BCUT2D eigenvalue weighted by atomic mass is 16.2. The molecule has 4 unspecified atom stereocenters. The second-order valence-corrected chi connectivity index (χ2v) is 7.50. The third kappa shape index (κ3) is 3.55. The molecule has 0 radical (unpaired) electrons. The van der Waals surface area contributed by atoms with Crippen molar-refractivity contribution >= 4 is 23.2 Å². The number of carbonyl (C=O) groups is 2. The summed E-state index contributed by atoms with van der Waals surface area (Å²) in [6, 6.07) is 7.52. The highest BCUT2D eigenvalue weighted by Gasteiger charge is 2.42. The van der Waals surface area contributed by atoms with Crippen LogP contribution in [0.4, 0.5) is 11.4 Å². The van der Waals surface area contributed by atoms with Crippen molar-refractivity contribution in [1.29, 1.82) is 0 Å². The highest BCUT2D eigenvalue weighted by Crippen LogP contribution is 2.49. The van der Waals surface area contributed by atoms with Crippen LogP contribution in [0.3, 0.4) is 0 Å². The summed E-state index contributed by atoms with van der Waals surface area (Å²) in [7, 11) is 3.87. The average Bonchev–Trinajstić information content (AvgIpc) is 3.18. The number of rotatable bonds is 4. The second-order valence-electron chi connectivity index (χ2n) is 7.50. The van der Waals surface area contributed by atoms with Gasteiger partial charge in [0.2, 0.25) is 0 Å². The molecule has 130 valence electrons. The zero-order chi connectivity index (χ0) is 17.3. The molecule has 4 atom stereocenters. The topological polar surface area (TPSA) is 61.4 Å². The molecule has 0 spiro atoms. The van der Waals surface area contributed by atoms with Crippen LogP contribution in [0.2, 0.25) is 0 Å². The molecule has 2 aliphatic rings. The molecule has 2 aliphatic carbocycles. The monoisotopic (exact) mass is 329 g/mol. The third-order valence-electron chi connectivity index (χ3n) is 5.62. The molecule has 2 amide bonds. The van der Waals surface area contributed by atoms with Crippen molar-refractivity contribution in [3.63, 3.8) is 0 Å². The van der Waals surface area contributed by atoms with E-state index in [1.54, 1.807) is 6.07 Å². The van der Waals surface area contributed by atoms with Crippen LogP contribution in [0, 0.1) is 17.8 Å². The maximum absolute atomic E-state index is 12.2. The molecule has 0 saturated heterocycles. The summed E-state index contributed by atoms with van der Waals surface area (Å²) >= 11 is 0. The summed E-state index contributed by atoms with van der Waals surface area (Å²) < 4.78 is 0. The van der Waals surface area contributed by atoms with E-state index in [0.29, 0.717) is 11.6 Å². The smallest absolute Gasteiger partial charge is 0.313 e. The predicted molar refractivity (Wildman–Crippen MR) is 95.9 cm³/mol. The van der Waals surface area contributed by atoms with Gasteiger partial charge in [0.1, 0.15) is 0 Å². The van der Waals surface area contributed by atoms with Gasteiger partial charge in [-0.2, -0.15) is 0 Å². The minimum atomic E-state index is -0.596. The summed E-state index contributed by atoms with van der Waals surface area (Å²) in [5, 5.41) is 5.59. The van der Waals surface area contributed by atoms with E-state index < -0.39 is 11.8 Å². The lowest BCUT2D eigenvalue weighted by Crippen LogP contribution is -2.45. The van der Waals surface area contributed by atoms with Crippen molar-refractivity contribution < 1.29 is 9.59 Å². The number of nitrogens with zero attached hydrogens (tertiary/aromatic N) is 1. The van der Waals surface area contributed by atoms with Crippen molar-refractivity contribution in [3.8, 4) is 0 Å². The number of amides is 2. The Hall–Kier alpha value is -2.04. The van der Waals surface area contributed by atoms with Crippen LogP contribution in [0.25, 0.3) is 0 Å². The standard InChI is InChI=1S/C19H27N3O2/c1-12(17-10-13-7-8-14(17)9-13)20-18(23)19(24)21-15-5-4-6-16(11-15)22(2)3/h4-6,11-14,17H,7-10H2,1-3H3,(H,20,23)(H,21,24). The van der Waals surface area contributed by atoms with Crippen molar-refractivity contribution in [2.45, 2.75) is 38.6 Å². The van der Waals surface area contributed by atoms with Gasteiger partial charge in [0, 0.05) is 31.5 Å². The molecule has 3 rings (SSSR count). The van der Waals surface area contributed by atoms with E-state index in [-0.39, 0.29) is 6.04 Å². The van der Waals surface area contributed by atoms with Gasteiger partial charge < -0.3 is 15.5 Å². The van der Waals surface area contributed by atoms with E-state index in [4.69, 9.17) is 0 Å². The van der Waals surface area contributed by atoms with Gasteiger partial charge in [0.15, 0.2) is 0 Å². The minimum absolute atomic E-state index is 0.0617. The maximum Gasteiger partial charge on any atom is 0.313 e. The number of anilines is 2. The van der Waals surface area contributed by atoms with Gasteiger partial charge in [-0.05, 0) is 62.1 Å². The molecule has 2 bridgehead atoms. The van der Waals surface area contributed by atoms with Crippen LogP contribution in [0.1, 0.15) is 32.6 Å². The van der Waals surface area contributed by atoms with E-state index in [9.17, 15) is 9.59 Å². The van der Waals surface area contributed by atoms with Crippen LogP contribution in [0.15, 0.2) is 24.3 Å². The molecular formula is C19H27N3O2. The molecule has 2 N–H and O–H groups in total. The molecule has 1 aromatic rings. The van der Waals surface area contributed by atoms with Crippen molar-refractivity contribution in [1.82, 2.24) is 5.32 Å². The summed E-state index contributed by atoms with van der Waals surface area (Å²) in [6.45, 7) is 2.03. The molecule has 0 aliphatic heterocycles. The molecule has 2 fully saturated rings. The Bertz CT molecular complexity index is 629. The van der Waals surface area contributed by atoms with Gasteiger partial charge in [-0.1, -0.05) is 12.5 Å². The van der Waals surface area contributed by atoms with Crippen LogP contribution in [-0.2, 0) is 9.59 Å². The summed E-state index contributed by atoms with van der Waals surface area (Å²) in [5.74, 6) is 0.950. The van der Waals surface area contributed by atoms with Crippen LogP contribution in [-0.4, -0.2) is 32.0 Å². The van der Waals surface area contributed by atoms with Gasteiger partial charge in [-0.25, -0.2) is 0 Å². The van der Waals surface area contributed by atoms with Gasteiger partial charge in [-0.15, -0.1) is 0 Å². The van der Waals surface area contributed by atoms with Gasteiger partial charge in [-0.3, -0.25) is 9.59 Å². The number of hydrogen-bond acceptors (Lipinski definition) is 3. The fourth-order valence-electron chi connectivity index (χ4n) is 4.34. The molecule has 1 aromatic carbocycles. The Labute approximate surface area is 143 Å². The lowest BCUT2D eigenvalue weighted by atomic mass is 9.84. The summed E-state index contributed by atoms with van der Waals surface area (Å²) in [4.78, 5) is 26.3. The Morgan fingerprint density at radius 1 is 1.17 bits per heavy atom. The van der Waals surface area contributed by atoms with Crippen LogP contribution >= 0.6 is 0 Å². The predicted octanol–water partition coefficient (Wildman–Crippen LogP) is 2.63. The minimum Gasteiger partial charge on any atom is -0.378 e. The molecular weight excluding hydrogens is 302 g/mol. The second kappa shape index (κ2) is 6.83. The first-order chi connectivity index (χ1) is 11.4. The zero-order valence-electron chi connectivity index (χ0n) is 14.7. The maximum atomic E-state index is 12.2. The molecule has 2 saturated carbocycles. The van der Waals surface area contributed by atoms with Crippen molar-refractivity contribution in [2.75, 3.05) is 24.3 Å². The number of hydrogen-bond donors (Lipinski definition) is 2. The quantitative estimate of drug-likeness (QED) is 0.835. The molecule has 24 heavy (non-hydrogen) atoms. The van der Waals surface area contributed by atoms with E-state index in [1.165, 1.54) is 25.7 Å². The number of fused-ring (bicyclic) bond motifs is 2. The lowest BCUT2D eigenvalue weighted by molar-refractivity contribution is -0.136. The van der Waals surface area contributed by atoms with Gasteiger partial charge >= 0.3 is 11.8 Å². The molecule has 0 aromatic heterocycles. The Morgan fingerprint density at radius 2 is 1.96 bits per heavy atom. The summed E-state index contributed by atoms with van der Waals surface area (Å²) in [6.07, 6.45) is 5.11. The fraction of sp³-hybridized carbons (Fsp3) is 0.579. The zero-order valence-corrected chi connectivity index (χ0v) is 14.7. The number of nitrogens with one attached hydrogen (secondary N) is 2. The van der Waals surface area contributed by atoms with Crippen molar-refractivity contribution in [2.24, 2.45) is 17.8 Å². The number of benzene rings is 1. The normalized spacial score (nSPS) is 26.0. The molecule has 5 heteroatoms. The van der Waals surface area contributed by atoms with Crippen LogP contribution < -0.4 is 15.5 Å². The Kier molecular flexibility index (Phi) is 4.78. The van der Waals surface area contributed by atoms with Gasteiger partial charge in [0.05, 0.1) is 0 Å². The number of carbonyl (C=O) groups excluding carboxylic acids is 2.